The summed E-state index contributed by atoms with van der Waals surface area (Å²) < 4.78 is 5.86. The number of benzene rings is 1. The predicted octanol–water partition coefficient (Wildman–Crippen LogP) is 2.82. The highest BCUT2D eigenvalue weighted by molar-refractivity contribution is 9.10. The first-order chi connectivity index (χ1) is 7.67. The summed E-state index contributed by atoms with van der Waals surface area (Å²) in [5.74, 6) is -0.247. The first-order valence-corrected chi connectivity index (χ1v) is 5.84. The van der Waals surface area contributed by atoms with Gasteiger partial charge in [-0.3, -0.25) is 9.79 Å². The highest BCUT2D eigenvalue weighted by atomic mass is 79.9. The molecule has 0 unspecified atom stereocenters. The van der Waals surface area contributed by atoms with Gasteiger partial charge in [0.2, 0.25) is 0 Å². The van der Waals surface area contributed by atoms with E-state index in [1.807, 2.05) is 24.3 Å². The molecule has 0 N–H and O–H groups in total. The second-order valence-corrected chi connectivity index (χ2v) is 4.08. The van der Waals surface area contributed by atoms with E-state index < -0.39 is 0 Å². The summed E-state index contributed by atoms with van der Waals surface area (Å²) in [6, 6.07) is 7.70. The van der Waals surface area contributed by atoms with Crippen molar-refractivity contribution in [1.82, 2.24) is 0 Å². The molecule has 4 heteroatoms. The van der Waals surface area contributed by atoms with Crippen LogP contribution in [0.2, 0.25) is 0 Å². The van der Waals surface area contributed by atoms with Crippen molar-refractivity contribution >= 4 is 27.6 Å². The van der Waals surface area contributed by atoms with Crippen molar-refractivity contribution in [2.45, 2.75) is 13.3 Å². The third kappa shape index (κ3) is 3.77. The number of hydrogen-bond acceptors (Lipinski definition) is 3. The monoisotopic (exact) mass is 283 g/mol. The van der Waals surface area contributed by atoms with Crippen LogP contribution in [0.15, 0.2) is 33.7 Å². The smallest absolute Gasteiger partial charge is 0.311 e. The largest absolute Gasteiger partial charge is 0.466 e. The molecule has 0 amide bonds. The Kier molecular flexibility index (Phi) is 5.19. The predicted molar refractivity (Wildman–Crippen MR) is 67.9 cm³/mol. The molecule has 0 spiro atoms. The molecule has 0 aliphatic rings. The van der Waals surface area contributed by atoms with Crippen LogP contribution in [0.4, 0.5) is 0 Å². The van der Waals surface area contributed by atoms with Crippen LogP contribution in [0.3, 0.4) is 0 Å². The van der Waals surface area contributed by atoms with Gasteiger partial charge in [-0.15, -0.1) is 0 Å². The molecular formula is C12H14BrNO2. The molecule has 1 rings (SSSR count). The highest BCUT2D eigenvalue weighted by Gasteiger charge is 2.10. The summed E-state index contributed by atoms with van der Waals surface area (Å²) in [4.78, 5) is 15.5. The van der Waals surface area contributed by atoms with Gasteiger partial charge in [0.05, 0.1) is 18.7 Å². The normalized spacial score (nSPS) is 11.3. The van der Waals surface area contributed by atoms with Crippen molar-refractivity contribution in [2.24, 2.45) is 4.99 Å². The fourth-order valence-electron chi connectivity index (χ4n) is 1.33. The minimum absolute atomic E-state index is 0.209. The van der Waals surface area contributed by atoms with Gasteiger partial charge in [0, 0.05) is 11.5 Å². The lowest BCUT2D eigenvalue weighted by Crippen LogP contribution is -2.12. The Morgan fingerprint density at radius 1 is 1.50 bits per heavy atom. The van der Waals surface area contributed by atoms with Gasteiger partial charge in [0.1, 0.15) is 0 Å². The second-order valence-electron chi connectivity index (χ2n) is 3.16. The lowest BCUT2D eigenvalue weighted by molar-refractivity contribution is -0.141. The van der Waals surface area contributed by atoms with E-state index in [1.54, 1.807) is 14.0 Å². The van der Waals surface area contributed by atoms with Crippen LogP contribution in [0.5, 0.6) is 0 Å². The third-order valence-electron chi connectivity index (χ3n) is 2.04. The number of carbonyl (C=O) groups is 1. The quantitative estimate of drug-likeness (QED) is 0.630. The van der Waals surface area contributed by atoms with Crippen LogP contribution in [0.25, 0.3) is 0 Å². The van der Waals surface area contributed by atoms with Gasteiger partial charge >= 0.3 is 5.97 Å². The van der Waals surface area contributed by atoms with E-state index >= 15 is 0 Å². The average molecular weight is 284 g/mol. The molecule has 86 valence electrons. The van der Waals surface area contributed by atoms with Crippen LogP contribution >= 0.6 is 15.9 Å². The molecule has 0 aromatic heterocycles. The zero-order valence-electron chi connectivity index (χ0n) is 9.37. The van der Waals surface area contributed by atoms with E-state index in [1.165, 1.54) is 0 Å². The van der Waals surface area contributed by atoms with Crippen molar-refractivity contribution in [3.05, 3.63) is 34.3 Å². The summed E-state index contributed by atoms with van der Waals surface area (Å²) in [6.45, 7) is 2.19. The van der Waals surface area contributed by atoms with E-state index in [0.29, 0.717) is 6.61 Å². The summed E-state index contributed by atoms with van der Waals surface area (Å²) in [7, 11) is 1.68. The molecule has 0 radical (unpaired) electrons. The fourth-order valence-corrected chi connectivity index (χ4v) is 1.73. The summed E-state index contributed by atoms with van der Waals surface area (Å²) in [5.41, 5.74) is 1.67. The number of hydrogen-bond donors (Lipinski definition) is 0. The summed E-state index contributed by atoms with van der Waals surface area (Å²) in [6.07, 6.45) is 0.209. The average Bonchev–Trinajstić information content (AvgIpc) is 2.26. The van der Waals surface area contributed by atoms with Crippen molar-refractivity contribution in [3.8, 4) is 0 Å². The fraction of sp³-hybridized carbons (Fsp3) is 0.333. The molecule has 0 saturated carbocycles. The van der Waals surface area contributed by atoms with E-state index in [2.05, 4.69) is 20.9 Å². The molecule has 0 saturated heterocycles. The van der Waals surface area contributed by atoms with Gasteiger partial charge in [0.15, 0.2) is 0 Å². The number of ether oxygens (including phenoxy) is 1. The van der Waals surface area contributed by atoms with Crippen molar-refractivity contribution < 1.29 is 9.53 Å². The van der Waals surface area contributed by atoms with Gasteiger partial charge < -0.3 is 4.74 Å². The second kappa shape index (κ2) is 6.43. The lowest BCUT2D eigenvalue weighted by Gasteiger charge is -2.06. The van der Waals surface area contributed by atoms with Crippen LogP contribution in [0, 0.1) is 0 Å². The Hall–Kier alpha value is -1.16. The Morgan fingerprint density at radius 2 is 2.25 bits per heavy atom. The van der Waals surface area contributed by atoms with E-state index in [-0.39, 0.29) is 12.4 Å². The maximum atomic E-state index is 11.4. The minimum atomic E-state index is -0.247. The van der Waals surface area contributed by atoms with Crippen molar-refractivity contribution in [1.29, 1.82) is 0 Å². The number of rotatable bonds is 4. The van der Waals surface area contributed by atoms with E-state index in [0.717, 1.165) is 15.7 Å². The standard InChI is InChI=1S/C12H14BrNO2/c1-3-16-12(15)8-11(14-2)9-5-4-6-10(13)7-9/h4-7H,3,8H2,1-2H3. The molecule has 3 nitrogen and oxygen atoms in total. The first-order valence-electron chi connectivity index (χ1n) is 5.04. The number of halogens is 1. The van der Waals surface area contributed by atoms with Gasteiger partial charge in [0.25, 0.3) is 0 Å². The van der Waals surface area contributed by atoms with Crippen molar-refractivity contribution in [3.63, 3.8) is 0 Å². The number of esters is 1. The Labute approximate surface area is 104 Å². The first kappa shape index (κ1) is 12.9. The molecule has 1 aromatic rings. The zero-order valence-corrected chi connectivity index (χ0v) is 11.0. The van der Waals surface area contributed by atoms with Gasteiger partial charge in [-0.1, -0.05) is 28.1 Å². The Bertz CT molecular complexity index is 402. The minimum Gasteiger partial charge on any atom is -0.466 e. The Balaban J connectivity index is 2.80. The molecule has 1 aromatic carbocycles. The Morgan fingerprint density at radius 3 is 2.81 bits per heavy atom. The number of aliphatic imine (C=N–C) groups is 1. The topological polar surface area (TPSA) is 38.7 Å². The lowest BCUT2D eigenvalue weighted by atomic mass is 10.1. The summed E-state index contributed by atoms with van der Waals surface area (Å²) in [5, 5.41) is 0. The molecule has 0 aliphatic heterocycles. The molecule has 16 heavy (non-hydrogen) atoms. The molecule has 0 bridgehead atoms. The molecular weight excluding hydrogens is 270 g/mol. The SMILES string of the molecule is CCOC(=O)CC(=NC)c1cccc(Br)c1. The van der Waals surface area contributed by atoms with Crippen LogP contribution in [0.1, 0.15) is 18.9 Å². The third-order valence-corrected chi connectivity index (χ3v) is 2.54. The highest BCUT2D eigenvalue weighted by Crippen LogP contribution is 2.14. The van der Waals surface area contributed by atoms with E-state index in [9.17, 15) is 4.79 Å². The van der Waals surface area contributed by atoms with Crippen molar-refractivity contribution in [2.75, 3.05) is 13.7 Å². The molecule has 0 atom stereocenters. The van der Waals surface area contributed by atoms with Crippen LogP contribution in [-0.2, 0) is 9.53 Å². The molecule has 0 aliphatic carbocycles. The zero-order chi connectivity index (χ0) is 12.0. The van der Waals surface area contributed by atoms with E-state index in [4.69, 9.17) is 4.74 Å². The molecule has 0 heterocycles. The molecule has 0 fully saturated rings. The maximum Gasteiger partial charge on any atom is 0.311 e. The number of nitrogens with zero attached hydrogens (tertiary/aromatic N) is 1. The van der Waals surface area contributed by atoms with Gasteiger partial charge in [-0.05, 0) is 24.6 Å². The van der Waals surface area contributed by atoms with Gasteiger partial charge in [-0.2, -0.15) is 0 Å². The summed E-state index contributed by atoms with van der Waals surface area (Å²) >= 11 is 3.39. The van der Waals surface area contributed by atoms with Crippen LogP contribution < -0.4 is 0 Å². The van der Waals surface area contributed by atoms with Crippen LogP contribution in [-0.4, -0.2) is 25.3 Å². The number of carbonyl (C=O) groups excluding carboxylic acids is 1. The maximum absolute atomic E-state index is 11.4. The van der Waals surface area contributed by atoms with Gasteiger partial charge in [-0.25, -0.2) is 0 Å².